The fraction of sp³-hybridized carbons (Fsp3) is 0.222. The van der Waals surface area contributed by atoms with Gasteiger partial charge in [0.15, 0.2) is 6.61 Å². The molecule has 0 spiro atoms. The predicted octanol–water partition coefficient (Wildman–Crippen LogP) is 3.79. The van der Waals surface area contributed by atoms with Gasteiger partial charge in [0.1, 0.15) is 5.75 Å². The molecule has 0 aliphatic carbocycles. The first-order chi connectivity index (χ1) is 11.0. The average Bonchev–Trinajstić information content (AvgIpc) is 2.53. The molecule has 0 radical (unpaired) electrons. The summed E-state index contributed by atoms with van der Waals surface area (Å²) in [6.07, 6.45) is 1.55. The van der Waals surface area contributed by atoms with Crippen molar-refractivity contribution in [1.29, 1.82) is 0 Å². The third kappa shape index (κ3) is 4.83. The number of amides is 1. The third-order valence-corrected chi connectivity index (χ3v) is 3.75. The number of rotatable bonds is 5. The zero-order valence-electron chi connectivity index (χ0n) is 13.4. The number of hydrogen-bond donors (Lipinski definition) is 1. The number of carbonyl (C=O) groups excluding carboxylic acids is 1. The number of benzene rings is 2. The third-order valence-electron chi connectivity index (χ3n) is 3.49. The summed E-state index contributed by atoms with van der Waals surface area (Å²) >= 11 is 5.80. The molecule has 0 aliphatic rings. The van der Waals surface area contributed by atoms with E-state index in [0.717, 1.165) is 28.0 Å². The number of aryl methyl sites for hydroxylation is 2. The summed E-state index contributed by atoms with van der Waals surface area (Å²) in [5.74, 6) is 0.442. The van der Waals surface area contributed by atoms with Crippen molar-refractivity contribution in [3.05, 3.63) is 63.7 Å². The van der Waals surface area contributed by atoms with Gasteiger partial charge in [-0.1, -0.05) is 35.9 Å². The number of carbonyl (C=O) groups is 1. The lowest BCUT2D eigenvalue weighted by Crippen LogP contribution is -2.25. The van der Waals surface area contributed by atoms with Crippen molar-refractivity contribution >= 4 is 23.7 Å². The van der Waals surface area contributed by atoms with E-state index in [1.165, 1.54) is 0 Å². The normalized spacial score (nSPS) is 10.8. The van der Waals surface area contributed by atoms with Crippen LogP contribution < -0.4 is 10.2 Å². The minimum atomic E-state index is -0.310. The quantitative estimate of drug-likeness (QED) is 0.669. The van der Waals surface area contributed by atoms with E-state index in [1.54, 1.807) is 18.3 Å². The molecule has 2 rings (SSSR count). The lowest BCUT2D eigenvalue weighted by molar-refractivity contribution is -0.123. The Morgan fingerprint density at radius 1 is 1.13 bits per heavy atom. The van der Waals surface area contributed by atoms with Crippen LogP contribution in [0, 0.1) is 20.8 Å². The van der Waals surface area contributed by atoms with Crippen LogP contribution in [-0.4, -0.2) is 18.7 Å². The van der Waals surface area contributed by atoms with Gasteiger partial charge in [-0.25, -0.2) is 5.43 Å². The molecule has 0 saturated heterocycles. The lowest BCUT2D eigenvalue weighted by atomic mass is 10.1. The van der Waals surface area contributed by atoms with Crippen LogP contribution in [0.4, 0.5) is 0 Å². The van der Waals surface area contributed by atoms with Crippen LogP contribution in [0.5, 0.6) is 5.75 Å². The van der Waals surface area contributed by atoms with Crippen LogP contribution in [-0.2, 0) is 4.79 Å². The van der Waals surface area contributed by atoms with Crippen LogP contribution in [0.15, 0.2) is 41.5 Å². The molecule has 0 saturated carbocycles. The molecule has 0 heterocycles. The van der Waals surface area contributed by atoms with Crippen LogP contribution in [0.25, 0.3) is 0 Å². The second-order valence-electron chi connectivity index (χ2n) is 5.29. The molecular formula is C18H19ClN2O2. The van der Waals surface area contributed by atoms with Gasteiger partial charge in [-0.3, -0.25) is 4.79 Å². The molecule has 2 aromatic carbocycles. The van der Waals surface area contributed by atoms with Gasteiger partial charge in [-0.05, 0) is 55.2 Å². The van der Waals surface area contributed by atoms with Crippen LogP contribution in [0.1, 0.15) is 22.3 Å². The van der Waals surface area contributed by atoms with Crippen molar-refractivity contribution in [2.45, 2.75) is 20.8 Å². The van der Waals surface area contributed by atoms with Gasteiger partial charge in [-0.2, -0.15) is 5.10 Å². The topological polar surface area (TPSA) is 50.7 Å². The Bertz CT molecular complexity index is 725. The highest BCUT2D eigenvalue weighted by Crippen LogP contribution is 2.25. The average molecular weight is 331 g/mol. The first kappa shape index (κ1) is 17.0. The molecule has 5 heteroatoms. The predicted molar refractivity (Wildman–Crippen MR) is 93.3 cm³/mol. The molecule has 1 amide bonds. The van der Waals surface area contributed by atoms with E-state index in [4.69, 9.17) is 16.3 Å². The molecule has 0 bridgehead atoms. The number of hydrazone groups is 1. The maximum absolute atomic E-state index is 11.8. The molecule has 1 N–H and O–H groups in total. The summed E-state index contributed by atoms with van der Waals surface area (Å²) in [4.78, 5) is 11.8. The summed E-state index contributed by atoms with van der Waals surface area (Å²) < 4.78 is 5.63. The van der Waals surface area contributed by atoms with Gasteiger partial charge < -0.3 is 4.74 Å². The van der Waals surface area contributed by atoms with E-state index >= 15 is 0 Å². The van der Waals surface area contributed by atoms with Crippen LogP contribution in [0.3, 0.4) is 0 Å². The van der Waals surface area contributed by atoms with Gasteiger partial charge >= 0.3 is 0 Å². The molecule has 23 heavy (non-hydrogen) atoms. The second-order valence-corrected chi connectivity index (χ2v) is 5.72. The molecule has 0 atom stereocenters. The highest BCUT2D eigenvalue weighted by atomic mass is 35.5. The van der Waals surface area contributed by atoms with Crippen molar-refractivity contribution in [2.24, 2.45) is 5.10 Å². The second kappa shape index (κ2) is 7.79. The van der Waals surface area contributed by atoms with E-state index in [-0.39, 0.29) is 12.5 Å². The lowest BCUT2D eigenvalue weighted by Gasteiger charge is -2.13. The summed E-state index contributed by atoms with van der Waals surface area (Å²) in [5, 5.41) is 4.55. The van der Waals surface area contributed by atoms with Crippen LogP contribution in [0.2, 0.25) is 5.02 Å². The van der Waals surface area contributed by atoms with Crippen molar-refractivity contribution in [3.63, 3.8) is 0 Å². The van der Waals surface area contributed by atoms with Crippen molar-refractivity contribution in [1.82, 2.24) is 5.43 Å². The molecule has 4 nitrogen and oxygen atoms in total. The Labute approximate surface area is 141 Å². The summed E-state index contributed by atoms with van der Waals surface area (Å²) in [6, 6.07) is 11.2. The number of halogens is 1. The smallest absolute Gasteiger partial charge is 0.277 e. The Hall–Kier alpha value is -2.33. The Morgan fingerprint density at radius 2 is 1.78 bits per heavy atom. The first-order valence-corrected chi connectivity index (χ1v) is 7.62. The number of nitrogens with zero attached hydrogens (tertiary/aromatic N) is 1. The summed E-state index contributed by atoms with van der Waals surface area (Å²) in [7, 11) is 0. The van der Waals surface area contributed by atoms with E-state index in [0.29, 0.717) is 5.02 Å². The highest BCUT2D eigenvalue weighted by molar-refractivity contribution is 6.30. The monoisotopic (exact) mass is 330 g/mol. The standard InChI is InChI=1S/C18H19ClN2O2/c1-12-4-5-13(2)18(14(12)3)23-11-17(22)21-20-10-15-6-8-16(19)9-7-15/h4-10H,11H2,1-3H3,(H,21,22). The minimum absolute atomic E-state index is 0.0803. The SMILES string of the molecule is Cc1ccc(C)c(OCC(=O)NN=Cc2ccc(Cl)cc2)c1C. The van der Waals surface area contributed by atoms with Gasteiger partial charge in [-0.15, -0.1) is 0 Å². The maximum atomic E-state index is 11.8. The molecule has 120 valence electrons. The molecule has 0 fully saturated rings. The van der Waals surface area contributed by atoms with E-state index in [1.807, 2.05) is 45.0 Å². The van der Waals surface area contributed by atoms with Gasteiger partial charge in [0, 0.05) is 5.02 Å². The van der Waals surface area contributed by atoms with Gasteiger partial charge in [0.25, 0.3) is 5.91 Å². The molecule has 2 aromatic rings. The maximum Gasteiger partial charge on any atom is 0.277 e. The first-order valence-electron chi connectivity index (χ1n) is 7.24. The van der Waals surface area contributed by atoms with Gasteiger partial charge in [0.2, 0.25) is 0 Å². The molecule has 0 aliphatic heterocycles. The number of ether oxygens (including phenoxy) is 1. The minimum Gasteiger partial charge on any atom is -0.483 e. The highest BCUT2D eigenvalue weighted by Gasteiger charge is 2.08. The molecule has 0 aromatic heterocycles. The summed E-state index contributed by atoms with van der Waals surface area (Å²) in [6.45, 7) is 5.87. The largest absolute Gasteiger partial charge is 0.483 e. The molecular weight excluding hydrogens is 312 g/mol. The Kier molecular flexibility index (Phi) is 5.77. The van der Waals surface area contributed by atoms with Crippen LogP contribution >= 0.6 is 11.6 Å². The van der Waals surface area contributed by atoms with E-state index < -0.39 is 0 Å². The Morgan fingerprint density at radius 3 is 2.48 bits per heavy atom. The summed E-state index contributed by atoms with van der Waals surface area (Å²) in [5.41, 5.74) is 6.47. The van der Waals surface area contributed by atoms with Gasteiger partial charge in [0.05, 0.1) is 6.21 Å². The zero-order chi connectivity index (χ0) is 16.8. The number of hydrogen-bond acceptors (Lipinski definition) is 3. The van der Waals surface area contributed by atoms with E-state index in [9.17, 15) is 4.79 Å². The number of nitrogens with one attached hydrogen (secondary N) is 1. The van der Waals surface area contributed by atoms with Crippen molar-refractivity contribution in [3.8, 4) is 5.75 Å². The molecule has 0 unspecified atom stereocenters. The fourth-order valence-electron chi connectivity index (χ4n) is 2.05. The fourth-order valence-corrected chi connectivity index (χ4v) is 2.17. The zero-order valence-corrected chi connectivity index (χ0v) is 14.1. The van der Waals surface area contributed by atoms with Crippen molar-refractivity contribution < 1.29 is 9.53 Å². The Balaban J connectivity index is 1.88. The van der Waals surface area contributed by atoms with Crippen molar-refractivity contribution in [2.75, 3.05) is 6.61 Å². The van der Waals surface area contributed by atoms with E-state index in [2.05, 4.69) is 10.5 Å².